The smallest absolute Gasteiger partial charge is 0.234 e. The fraction of sp³-hybridized carbons (Fsp3) is 0.500. The summed E-state index contributed by atoms with van der Waals surface area (Å²) in [7, 11) is 2.11. The van der Waals surface area contributed by atoms with Crippen molar-refractivity contribution in [1.29, 1.82) is 0 Å². The number of thiocarbonyl (C=S) groups is 1. The van der Waals surface area contributed by atoms with Gasteiger partial charge in [0, 0.05) is 26.2 Å². The number of amides is 1. The van der Waals surface area contributed by atoms with Crippen LogP contribution in [0.2, 0.25) is 0 Å². The molecule has 1 aromatic rings. The van der Waals surface area contributed by atoms with E-state index < -0.39 is 0 Å². The van der Waals surface area contributed by atoms with E-state index in [0.29, 0.717) is 23.8 Å². The molecule has 1 saturated heterocycles. The highest BCUT2D eigenvalue weighted by atomic mass is 32.2. The first-order valence-corrected chi connectivity index (χ1v) is 9.11. The minimum Gasteiger partial charge on any atom is -0.492 e. The van der Waals surface area contributed by atoms with E-state index in [0.717, 1.165) is 30.5 Å². The van der Waals surface area contributed by atoms with Gasteiger partial charge in [0.2, 0.25) is 5.91 Å². The molecule has 1 amide bonds. The zero-order chi connectivity index (χ0) is 16.7. The average molecular weight is 354 g/mol. The summed E-state index contributed by atoms with van der Waals surface area (Å²) in [5.74, 6) is 0.930. The Kier molecular flexibility index (Phi) is 7.14. The van der Waals surface area contributed by atoms with Gasteiger partial charge in [-0.25, -0.2) is 0 Å². The summed E-state index contributed by atoms with van der Waals surface area (Å²) in [5.41, 5.74) is 0.700. The number of hydrogen-bond donors (Lipinski definition) is 1. The molecular formula is C16H23N3O2S2. The van der Waals surface area contributed by atoms with Gasteiger partial charge in [0.15, 0.2) is 0 Å². The minimum atomic E-state index is -0.0707. The van der Waals surface area contributed by atoms with Crippen LogP contribution in [-0.4, -0.2) is 65.6 Å². The fourth-order valence-electron chi connectivity index (χ4n) is 2.25. The Balaban J connectivity index is 1.80. The van der Waals surface area contributed by atoms with E-state index in [1.165, 1.54) is 11.8 Å². The summed E-state index contributed by atoms with van der Waals surface area (Å²) in [4.78, 5) is 16.6. The molecule has 5 nitrogen and oxygen atoms in total. The Labute approximate surface area is 147 Å². The summed E-state index contributed by atoms with van der Waals surface area (Å²) >= 11 is 6.85. The van der Waals surface area contributed by atoms with Gasteiger partial charge in [-0.2, -0.15) is 0 Å². The van der Waals surface area contributed by atoms with Gasteiger partial charge in [-0.1, -0.05) is 36.1 Å². The first-order valence-electron chi connectivity index (χ1n) is 7.72. The first kappa shape index (κ1) is 18.0. The van der Waals surface area contributed by atoms with Crippen molar-refractivity contribution in [3.8, 4) is 5.75 Å². The highest BCUT2D eigenvalue weighted by Crippen LogP contribution is 2.24. The van der Waals surface area contributed by atoms with Gasteiger partial charge < -0.3 is 19.9 Å². The van der Waals surface area contributed by atoms with Crippen LogP contribution < -0.4 is 10.1 Å². The van der Waals surface area contributed by atoms with E-state index in [2.05, 4.69) is 22.2 Å². The number of hydrogen-bond acceptors (Lipinski definition) is 5. The second kappa shape index (κ2) is 9.10. The molecule has 1 fully saturated rings. The molecule has 1 N–H and O–H groups in total. The lowest BCUT2D eigenvalue weighted by atomic mass is 10.3. The third kappa shape index (κ3) is 5.67. The Bertz CT molecular complexity index is 546. The van der Waals surface area contributed by atoms with Crippen LogP contribution in [0.1, 0.15) is 6.92 Å². The van der Waals surface area contributed by atoms with Gasteiger partial charge in [0.25, 0.3) is 0 Å². The number of likely N-dealkylation sites (N-methyl/N-ethyl adjacent to an activating group) is 1. The van der Waals surface area contributed by atoms with E-state index in [1.807, 2.05) is 31.2 Å². The van der Waals surface area contributed by atoms with Crippen molar-refractivity contribution in [2.75, 3.05) is 50.9 Å². The molecule has 23 heavy (non-hydrogen) atoms. The van der Waals surface area contributed by atoms with Crippen LogP contribution in [0.5, 0.6) is 5.75 Å². The van der Waals surface area contributed by atoms with Crippen molar-refractivity contribution in [2.24, 2.45) is 0 Å². The largest absolute Gasteiger partial charge is 0.492 e. The van der Waals surface area contributed by atoms with Crippen molar-refractivity contribution in [2.45, 2.75) is 6.92 Å². The van der Waals surface area contributed by atoms with Crippen LogP contribution in [0.4, 0.5) is 5.69 Å². The van der Waals surface area contributed by atoms with E-state index >= 15 is 0 Å². The SMILES string of the molecule is CCOc1ccccc1NC(=O)CSC(=S)N1CCN(C)CC1. The molecule has 1 aliphatic rings. The molecule has 2 rings (SSSR count). The van der Waals surface area contributed by atoms with E-state index in [-0.39, 0.29) is 5.91 Å². The Morgan fingerprint density at radius 2 is 2.00 bits per heavy atom. The van der Waals surface area contributed by atoms with Gasteiger partial charge in [-0.3, -0.25) is 4.79 Å². The molecule has 0 aliphatic carbocycles. The van der Waals surface area contributed by atoms with Gasteiger partial charge >= 0.3 is 0 Å². The van der Waals surface area contributed by atoms with E-state index in [9.17, 15) is 4.79 Å². The molecule has 0 aromatic heterocycles. The standard InChI is InChI=1S/C16H23N3O2S2/c1-3-21-14-7-5-4-6-13(14)17-15(20)12-23-16(22)19-10-8-18(2)9-11-19/h4-7H,3,8-12H2,1-2H3,(H,17,20). The number of carbonyl (C=O) groups is 1. The predicted molar refractivity (Wildman–Crippen MR) is 100 cm³/mol. The maximum Gasteiger partial charge on any atom is 0.234 e. The number of nitrogens with zero attached hydrogens (tertiary/aromatic N) is 2. The number of ether oxygens (including phenoxy) is 1. The second-order valence-corrected chi connectivity index (χ2v) is 6.93. The lowest BCUT2D eigenvalue weighted by Crippen LogP contribution is -2.46. The molecule has 0 atom stereocenters. The van der Waals surface area contributed by atoms with Crippen LogP contribution in [-0.2, 0) is 4.79 Å². The molecule has 0 saturated carbocycles. The van der Waals surface area contributed by atoms with E-state index in [4.69, 9.17) is 17.0 Å². The highest BCUT2D eigenvalue weighted by Gasteiger charge is 2.17. The summed E-state index contributed by atoms with van der Waals surface area (Å²) < 4.78 is 6.31. The number of rotatable bonds is 5. The maximum atomic E-state index is 12.1. The monoisotopic (exact) mass is 353 g/mol. The molecule has 1 aromatic carbocycles. The van der Waals surface area contributed by atoms with E-state index in [1.54, 1.807) is 0 Å². The number of benzene rings is 1. The van der Waals surface area contributed by atoms with Crippen molar-refractivity contribution < 1.29 is 9.53 Å². The number of piperazine rings is 1. The van der Waals surface area contributed by atoms with Crippen LogP contribution in [0, 0.1) is 0 Å². The maximum absolute atomic E-state index is 12.1. The van der Waals surface area contributed by atoms with Crippen molar-refractivity contribution in [3.05, 3.63) is 24.3 Å². The van der Waals surface area contributed by atoms with Gasteiger partial charge in [-0.15, -0.1) is 0 Å². The summed E-state index contributed by atoms with van der Waals surface area (Å²) in [6, 6.07) is 7.45. The Morgan fingerprint density at radius 1 is 1.30 bits per heavy atom. The average Bonchev–Trinajstić information content (AvgIpc) is 2.55. The molecule has 0 unspecified atom stereocenters. The molecule has 1 aliphatic heterocycles. The van der Waals surface area contributed by atoms with Crippen LogP contribution in [0.15, 0.2) is 24.3 Å². The molecule has 0 spiro atoms. The van der Waals surface area contributed by atoms with Crippen LogP contribution >= 0.6 is 24.0 Å². The molecule has 0 radical (unpaired) electrons. The molecule has 126 valence electrons. The zero-order valence-corrected chi connectivity index (χ0v) is 15.2. The number of para-hydroxylation sites is 2. The second-order valence-electron chi connectivity index (χ2n) is 5.32. The van der Waals surface area contributed by atoms with Crippen molar-refractivity contribution in [3.63, 3.8) is 0 Å². The van der Waals surface area contributed by atoms with Crippen molar-refractivity contribution >= 4 is 39.9 Å². The Morgan fingerprint density at radius 3 is 2.70 bits per heavy atom. The normalized spacial score (nSPS) is 15.3. The number of anilines is 1. The summed E-state index contributed by atoms with van der Waals surface area (Å²) in [6.07, 6.45) is 0. The Hall–Kier alpha value is -1.31. The quantitative estimate of drug-likeness (QED) is 0.820. The molecule has 1 heterocycles. The molecular weight excluding hydrogens is 330 g/mol. The van der Waals surface area contributed by atoms with Crippen LogP contribution in [0.3, 0.4) is 0 Å². The van der Waals surface area contributed by atoms with Crippen LogP contribution in [0.25, 0.3) is 0 Å². The van der Waals surface area contributed by atoms with Gasteiger partial charge in [0.05, 0.1) is 18.0 Å². The highest BCUT2D eigenvalue weighted by molar-refractivity contribution is 8.23. The molecule has 7 heteroatoms. The third-order valence-corrected chi connectivity index (χ3v) is 5.07. The zero-order valence-electron chi connectivity index (χ0n) is 13.6. The third-order valence-electron chi connectivity index (χ3n) is 3.55. The summed E-state index contributed by atoms with van der Waals surface area (Å²) in [6.45, 7) is 6.36. The number of thioether (sulfide) groups is 1. The number of carbonyl (C=O) groups excluding carboxylic acids is 1. The minimum absolute atomic E-state index is 0.0707. The first-order chi connectivity index (χ1) is 11.1. The lowest BCUT2D eigenvalue weighted by Gasteiger charge is -2.33. The lowest BCUT2D eigenvalue weighted by molar-refractivity contribution is -0.113. The van der Waals surface area contributed by atoms with Crippen molar-refractivity contribution in [1.82, 2.24) is 9.80 Å². The molecule has 0 bridgehead atoms. The van der Waals surface area contributed by atoms with Gasteiger partial charge in [0.1, 0.15) is 10.1 Å². The fourth-order valence-corrected chi connectivity index (χ4v) is 3.30. The van der Waals surface area contributed by atoms with Gasteiger partial charge in [-0.05, 0) is 26.1 Å². The topological polar surface area (TPSA) is 44.8 Å². The summed E-state index contributed by atoms with van der Waals surface area (Å²) in [5, 5.41) is 2.89. The number of nitrogens with one attached hydrogen (secondary N) is 1. The predicted octanol–water partition coefficient (Wildman–Crippen LogP) is 2.29.